The van der Waals surface area contributed by atoms with Crippen LogP contribution in [0.4, 0.5) is 5.95 Å². The molecular weight excluding hydrogens is 222 g/mol. The number of anilines is 1. The summed E-state index contributed by atoms with van der Waals surface area (Å²) in [5.74, 6) is 1.59. The smallest absolute Gasteiger partial charge is 0.232 e. The summed E-state index contributed by atoms with van der Waals surface area (Å²) < 4.78 is 9.64. The van der Waals surface area contributed by atoms with Gasteiger partial charge in [0.15, 0.2) is 0 Å². The molecule has 1 unspecified atom stereocenters. The SMILES string of the molecule is Nc1nsc(C2CCOc3ccccc32)n1. The predicted octanol–water partition coefficient (Wildman–Crippen LogP) is 2.03. The average Bonchev–Trinajstić information content (AvgIpc) is 2.75. The van der Waals surface area contributed by atoms with E-state index in [1.807, 2.05) is 18.2 Å². The highest BCUT2D eigenvalue weighted by molar-refractivity contribution is 7.05. The van der Waals surface area contributed by atoms with E-state index in [0.29, 0.717) is 5.95 Å². The van der Waals surface area contributed by atoms with Crippen molar-refractivity contribution in [2.24, 2.45) is 0 Å². The van der Waals surface area contributed by atoms with Crippen LogP contribution < -0.4 is 10.5 Å². The van der Waals surface area contributed by atoms with Gasteiger partial charge in [0, 0.05) is 11.5 Å². The molecule has 1 aliphatic heterocycles. The fraction of sp³-hybridized carbons (Fsp3) is 0.273. The van der Waals surface area contributed by atoms with Gasteiger partial charge in [-0.15, -0.1) is 0 Å². The minimum Gasteiger partial charge on any atom is -0.493 e. The first-order chi connectivity index (χ1) is 7.84. The van der Waals surface area contributed by atoms with Gasteiger partial charge in [0.2, 0.25) is 5.95 Å². The van der Waals surface area contributed by atoms with E-state index in [4.69, 9.17) is 10.5 Å². The summed E-state index contributed by atoms with van der Waals surface area (Å²) in [7, 11) is 0. The molecule has 16 heavy (non-hydrogen) atoms. The zero-order chi connectivity index (χ0) is 11.0. The van der Waals surface area contributed by atoms with Gasteiger partial charge in [0.05, 0.1) is 6.61 Å². The molecule has 0 fully saturated rings. The molecule has 4 nitrogen and oxygen atoms in total. The zero-order valence-corrected chi connectivity index (χ0v) is 9.41. The topological polar surface area (TPSA) is 61.0 Å². The Kier molecular flexibility index (Phi) is 2.25. The molecule has 0 radical (unpaired) electrons. The maximum Gasteiger partial charge on any atom is 0.232 e. The molecule has 1 atom stereocenters. The molecule has 0 saturated carbocycles. The van der Waals surface area contributed by atoms with Gasteiger partial charge in [0.1, 0.15) is 10.8 Å². The molecule has 3 rings (SSSR count). The van der Waals surface area contributed by atoms with E-state index < -0.39 is 0 Å². The van der Waals surface area contributed by atoms with Gasteiger partial charge in [-0.3, -0.25) is 0 Å². The second-order valence-electron chi connectivity index (χ2n) is 3.72. The zero-order valence-electron chi connectivity index (χ0n) is 8.59. The van der Waals surface area contributed by atoms with Crippen molar-refractivity contribution in [3.8, 4) is 5.75 Å². The summed E-state index contributed by atoms with van der Waals surface area (Å²) >= 11 is 1.38. The summed E-state index contributed by atoms with van der Waals surface area (Å²) in [5.41, 5.74) is 6.75. The lowest BCUT2D eigenvalue weighted by Crippen LogP contribution is -2.14. The molecule has 0 amide bonds. The standard InChI is InChI=1S/C11H11N3OS/c12-11-13-10(16-14-11)8-5-6-15-9-4-2-1-3-7(8)9/h1-4,8H,5-6H2,(H2,12,14). The van der Waals surface area contributed by atoms with E-state index in [9.17, 15) is 0 Å². The second kappa shape index (κ2) is 3.75. The van der Waals surface area contributed by atoms with Crippen molar-refractivity contribution in [2.45, 2.75) is 12.3 Å². The van der Waals surface area contributed by atoms with Crippen LogP contribution in [0.1, 0.15) is 22.9 Å². The highest BCUT2D eigenvalue weighted by Crippen LogP contribution is 2.38. The van der Waals surface area contributed by atoms with Crippen LogP contribution in [0.3, 0.4) is 0 Å². The molecule has 1 aliphatic rings. The molecule has 5 heteroatoms. The van der Waals surface area contributed by atoms with Crippen LogP contribution >= 0.6 is 11.5 Å². The van der Waals surface area contributed by atoms with E-state index in [1.165, 1.54) is 17.1 Å². The third-order valence-electron chi connectivity index (χ3n) is 2.71. The third-order valence-corrected chi connectivity index (χ3v) is 3.56. The molecule has 2 N–H and O–H groups in total. The third kappa shape index (κ3) is 1.53. The maximum absolute atomic E-state index is 5.61. The van der Waals surface area contributed by atoms with Crippen molar-refractivity contribution < 1.29 is 4.74 Å². The summed E-state index contributed by atoms with van der Waals surface area (Å²) in [6, 6.07) is 8.07. The Morgan fingerprint density at radius 3 is 3.06 bits per heavy atom. The van der Waals surface area contributed by atoms with Crippen LogP contribution in [0, 0.1) is 0 Å². The lowest BCUT2D eigenvalue weighted by Gasteiger charge is -2.23. The maximum atomic E-state index is 5.61. The highest BCUT2D eigenvalue weighted by Gasteiger charge is 2.25. The van der Waals surface area contributed by atoms with Crippen LogP contribution in [-0.4, -0.2) is 16.0 Å². The average molecular weight is 233 g/mol. The normalized spacial score (nSPS) is 18.9. The van der Waals surface area contributed by atoms with Crippen LogP contribution in [-0.2, 0) is 0 Å². The first kappa shape index (κ1) is 9.59. The van der Waals surface area contributed by atoms with Crippen molar-refractivity contribution in [3.63, 3.8) is 0 Å². The summed E-state index contributed by atoms with van der Waals surface area (Å²) in [4.78, 5) is 4.26. The van der Waals surface area contributed by atoms with Crippen LogP contribution in [0.5, 0.6) is 5.75 Å². The van der Waals surface area contributed by atoms with Crippen molar-refractivity contribution >= 4 is 17.5 Å². The van der Waals surface area contributed by atoms with Gasteiger partial charge in [-0.1, -0.05) is 18.2 Å². The second-order valence-corrected chi connectivity index (χ2v) is 4.50. The number of hydrogen-bond acceptors (Lipinski definition) is 5. The number of benzene rings is 1. The van der Waals surface area contributed by atoms with E-state index in [-0.39, 0.29) is 5.92 Å². The molecule has 0 aliphatic carbocycles. The number of nitrogen functional groups attached to an aromatic ring is 1. The number of ether oxygens (including phenoxy) is 1. The van der Waals surface area contributed by atoms with E-state index in [0.717, 1.165) is 23.8 Å². The Morgan fingerprint density at radius 2 is 2.25 bits per heavy atom. The highest BCUT2D eigenvalue weighted by atomic mass is 32.1. The molecule has 0 bridgehead atoms. The Bertz CT molecular complexity index is 511. The van der Waals surface area contributed by atoms with Gasteiger partial charge in [-0.25, -0.2) is 4.98 Å². The number of rotatable bonds is 1. The Morgan fingerprint density at radius 1 is 1.38 bits per heavy atom. The number of hydrogen-bond donors (Lipinski definition) is 1. The molecule has 0 saturated heterocycles. The number of nitrogens with zero attached hydrogens (tertiary/aromatic N) is 2. The molecule has 2 heterocycles. The van der Waals surface area contributed by atoms with Crippen molar-refractivity contribution in [2.75, 3.05) is 12.3 Å². The minimum absolute atomic E-state index is 0.278. The van der Waals surface area contributed by atoms with Crippen LogP contribution in [0.2, 0.25) is 0 Å². The Labute approximate surface area is 97.3 Å². The van der Waals surface area contributed by atoms with Gasteiger partial charge in [0.25, 0.3) is 0 Å². The quantitative estimate of drug-likeness (QED) is 0.818. The summed E-state index contributed by atoms with van der Waals surface area (Å²) in [6.45, 7) is 0.723. The summed E-state index contributed by atoms with van der Waals surface area (Å²) in [6.07, 6.45) is 0.936. The van der Waals surface area contributed by atoms with Crippen molar-refractivity contribution in [1.82, 2.24) is 9.36 Å². The molecular formula is C11H11N3OS. The van der Waals surface area contributed by atoms with E-state index >= 15 is 0 Å². The van der Waals surface area contributed by atoms with Gasteiger partial charge in [-0.05, 0) is 24.0 Å². The van der Waals surface area contributed by atoms with E-state index in [2.05, 4.69) is 15.4 Å². The fourth-order valence-electron chi connectivity index (χ4n) is 1.99. The number of aromatic nitrogens is 2. The largest absolute Gasteiger partial charge is 0.493 e. The van der Waals surface area contributed by atoms with Gasteiger partial charge >= 0.3 is 0 Å². The number of fused-ring (bicyclic) bond motifs is 1. The lowest BCUT2D eigenvalue weighted by atomic mass is 9.94. The van der Waals surface area contributed by atoms with Gasteiger partial charge < -0.3 is 10.5 Å². The van der Waals surface area contributed by atoms with Crippen molar-refractivity contribution in [1.29, 1.82) is 0 Å². The Hall–Kier alpha value is -1.62. The van der Waals surface area contributed by atoms with Gasteiger partial charge in [-0.2, -0.15) is 4.37 Å². The monoisotopic (exact) mass is 233 g/mol. The molecule has 1 aromatic carbocycles. The lowest BCUT2D eigenvalue weighted by molar-refractivity contribution is 0.277. The molecule has 1 aromatic heterocycles. The fourth-order valence-corrected chi connectivity index (χ4v) is 2.72. The van der Waals surface area contributed by atoms with Crippen LogP contribution in [0.25, 0.3) is 0 Å². The van der Waals surface area contributed by atoms with Crippen LogP contribution in [0.15, 0.2) is 24.3 Å². The Balaban J connectivity index is 2.04. The predicted molar refractivity (Wildman–Crippen MR) is 62.7 cm³/mol. The number of para-hydroxylation sites is 1. The molecule has 2 aromatic rings. The molecule has 0 spiro atoms. The minimum atomic E-state index is 0.278. The number of nitrogens with two attached hydrogens (primary N) is 1. The van der Waals surface area contributed by atoms with Crippen molar-refractivity contribution in [3.05, 3.63) is 34.8 Å². The summed E-state index contributed by atoms with van der Waals surface area (Å²) in [5, 5.41) is 0.980. The molecule has 82 valence electrons. The first-order valence-corrected chi connectivity index (χ1v) is 5.93. The van der Waals surface area contributed by atoms with E-state index in [1.54, 1.807) is 0 Å². The first-order valence-electron chi connectivity index (χ1n) is 5.15.